The molecule has 2 aliphatic rings. The van der Waals surface area contributed by atoms with Crippen LogP contribution in [0.2, 0.25) is 0 Å². The van der Waals surface area contributed by atoms with Crippen LogP contribution in [-0.2, 0) is 17.9 Å². The highest BCUT2D eigenvalue weighted by Gasteiger charge is 2.36. The second-order valence-corrected chi connectivity index (χ2v) is 9.44. The fraction of sp³-hybridized carbons (Fsp3) is 0.333. The smallest absolute Gasteiger partial charge is 0.250 e. The van der Waals surface area contributed by atoms with Crippen LogP contribution in [-0.4, -0.2) is 28.5 Å². The van der Waals surface area contributed by atoms with Gasteiger partial charge in [-0.3, -0.25) is 14.5 Å². The lowest BCUT2D eigenvalue weighted by Crippen LogP contribution is -2.46. The molecule has 30 heavy (non-hydrogen) atoms. The molecule has 1 saturated heterocycles. The Morgan fingerprint density at radius 3 is 2.67 bits per heavy atom. The number of nitrogens with one attached hydrogen (secondary N) is 1. The second kappa shape index (κ2) is 7.85. The standard InChI is InChI=1S/C24H25N3O2S/c1-16(28)25-20-6-4-18(5-7-20)22-8-9-23(29)27-13-17-11-19(24(22)27)14-26(12-17)15-21-3-2-10-30-21/h2-10,17,19H,11-15H2,1H3,(H,25,28)/t17-,19-/m0/s1. The predicted molar refractivity (Wildman–Crippen MR) is 121 cm³/mol. The van der Waals surface area contributed by atoms with E-state index in [1.165, 1.54) is 17.5 Å². The van der Waals surface area contributed by atoms with Crippen LogP contribution < -0.4 is 10.9 Å². The Bertz CT molecular complexity index is 1120. The monoisotopic (exact) mass is 419 g/mol. The number of hydrogen-bond acceptors (Lipinski definition) is 4. The summed E-state index contributed by atoms with van der Waals surface area (Å²) in [7, 11) is 0. The van der Waals surface area contributed by atoms with Crippen molar-refractivity contribution in [1.29, 1.82) is 0 Å². The summed E-state index contributed by atoms with van der Waals surface area (Å²) < 4.78 is 2.01. The van der Waals surface area contributed by atoms with Crippen LogP contribution in [0.4, 0.5) is 5.69 Å². The normalized spacial score (nSPS) is 20.6. The molecule has 154 valence electrons. The number of carbonyl (C=O) groups excluding carboxylic acids is 1. The minimum absolute atomic E-state index is 0.0783. The number of rotatable bonds is 4. The van der Waals surface area contributed by atoms with Crippen LogP contribution in [0.25, 0.3) is 11.1 Å². The first-order valence-electron chi connectivity index (χ1n) is 10.4. The zero-order valence-electron chi connectivity index (χ0n) is 17.0. The number of nitrogens with zero attached hydrogens (tertiary/aromatic N) is 2. The molecule has 5 nitrogen and oxygen atoms in total. The average molecular weight is 420 g/mol. The van der Waals surface area contributed by atoms with Crippen molar-refractivity contribution < 1.29 is 4.79 Å². The van der Waals surface area contributed by atoms with E-state index >= 15 is 0 Å². The van der Waals surface area contributed by atoms with Gasteiger partial charge in [-0.15, -0.1) is 11.3 Å². The summed E-state index contributed by atoms with van der Waals surface area (Å²) in [5, 5.41) is 4.95. The van der Waals surface area contributed by atoms with Gasteiger partial charge in [0.25, 0.3) is 5.56 Å². The molecular formula is C24H25N3O2S. The van der Waals surface area contributed by atoms with Crippen molar-refractivity contribution in [2.45, 2.75) is 32.4 Å². The first-order valence-corrected chi connectivity index (χ1v) is 11.3. The molecular weight excluding hydrogens is 394 g/mol. The lowest BCUT2D eigenvalue weighted by molar-refractivity contribution is -0.114. The molecule has 0 spiro atoms. The number of likely N-dealkylation sites (tertiary alicyclic amines) is 1. The van der Waals surface area contributed by atoms with E-state index in [0.29, 0.717) is 11.8 Å². The van der Waals surface area contributed by atoms with Crippen molar-refractivity contribution in [3.63, 3.8) is 0 Å². The Labute approximate surface area is 180 Å². The molecule has 0 unspecified atom stereocenters. The molecule has 1 fully saturated rings. The highest BCUT2D eigenvalue weighted by Crippen LogP contribution is 2.40. The Morgan fingerprint density at radius 1 is 1.10 bits per heavy atom. The Balaban J connectivity index is 1.48. The molecule has 0 radical (unpaired) electrons. The van der Waals surface area contributed by atoms with Crippen LogP contribution >= 0.6 is 11.3 Å². The third kappa shape index (κ3) is 3.73. The summed E-state index contributed by atoms with van der Waals surface area (Å²) >= 11 is 1.81. The van der Waals surface area contributed by atoms with Gasteiger partial charge in [-0.05, 0) is 47.5 Å². The summed E-state index contributed by atoms with van der Waals surface area (Å²) in [5.41, 5.74) is 4.27. The average Bonchev–Trinajstić information content (AvgIpc) is 3.22. The Morgan fingerprint density at radius 2 is 1.93 bits per heavy atom. The van der Waals surface area contributed by atoms with E-state index in [9.17, 15) is 9.59 Å². The van der Waals surface area contributed by atoms with Crippen LogP contribution in [0.15, 0.2) is 58.7 Å². The summed E-state index contributed by atoms with van der Waals surface area (Å²) in [5.74, 6) is 0.799. The molecule has 1 aromatic carbocycles. The van der Waals surface area contributed by atoms with Crippen LogP contribution in [0.5, 0.6) is 0 Å². The van der Waals surface area contributed by atoms with Gasteiger partial charge in [0.05, 0.1) is 0 Å². The van der Waals surface area contributed by atoms with E-state index in [1.807, 2.05) is 46.2 Å². The van der Waals surface area contributed by atoms with Gasteiger partial charge in [0.2, 0.25) is 5.91 Å². The van der Waals surface area contributed by atoms with Crippen LogP contribution in [0.1, 0.15) is 29.8 Å². The maximum absolute atomic E-state index is 12.7. The quantitative estimate of drug-likeness (QED) is 0.691. The fourth-order valence-electron chi connectivity index (χ4n) is 5.05. The van der Waals surface area contributed by atoms with Crippen molar-refractivity contribution in [1.82, 2.24) is 9.47 Å². The van der Waals surface area contributed by atoms with Crippen molar-refractivity contribution in [2.24, 2.45) is 5.92 Å². The molecule has 2 aliphatic heterocycles. The molecule has 0 aliphatic carbocycles. The first-order chi connectivity index (χ1) is 14.6. The number of benzene rings is 1. The minimum atomic E-state index is -0.0783. The fourth-order valence-corrected chi connectivity index (χ4v) is 5.79. The summed E-state index contributed by atoms with van der Waals surface area (Å²) in [6.45, 7) is 5.33. The zero-order valence-corrected chi connectivity index (χ0v) is 17.8. The molecule has 0 saturated carbocycles. The van der Waals surface area contributed by atoms with E-state index in [2.05, 4.69) is 27.7 Å². The van der Waals surface area contributed by atoms with E-state index in [4.69, 9.17) is 0 Å². The molecule has 1 N–H and O–H groups in total. The number of fused-ring (bicyclic) bond motifs is 4. The molecule has 2 bridgehead atoms. The zero-order chi connectivity index (χ0) is 20.7. The van der Waals surface area contributed by atoms with E-state index in [-0.39, 0.29) is 11.5 Å². The van der Waals surface area contributed by atoms with Crippen molar-refractivity contribution >= 4 is 22.9 Å². The van der Waals surface area contributed by atoms with Gasteiger partial charge in [-0.1, -0.05) is 18.2 Å². The number of amides is 1. The maximum Gasteiger partial charge on any atom is 0.250 e. The number of piperidine rings is 1. The van der Waals surface area contributed by atoms with Crippen LogP contribution in [0.3, 0.4) is 0 Å². The summed E-state index contributed by atoms with van der Waals surface area (Å²) in [6, 6.07) is 15.9. The third-order valence-electron chi connectivity index (χ3n) is 6.14. The third-order valence-corrected chi connectivity index (χ3v) is 7.00. The van der Waals surface area contributed by atoms with Crippen molar-refractivity contribution in [3.05, 3.63) is 74.8 Å². The Kier molecular flexibility index (Phi) is 5.05. The van der Waals surface area contributed by atoms with Crippen molar-refractivity contribution in [3.8, 4) is 11.1 Å². The highest BCUT2D eigenvalue weighted by molar-refractivity contribution is 7.09. The predicted octanol–water partition coefficient (Wildman–Crippen LogP) is 4.15. The number of pyridine rings is 1. The van der Waals surface area contributed by atoms with Gasteiger partial charge < -0.3 is 9.88 Å². The second-order valence-electron chi connectivity index (χ2n) is 8.41. The summed E-state index contributed by atoms with van der Waals surface area (Å²) in [6.07, 6.45) is 1.14. The van der Waals surface area contributed by atoms with E-state index < -0.39 is 0 Å². The molecule has 5 rings (SSSR count). The highest BCUT2D eigenvalue weighted by atomic mass is 32.1. The van der Waals surface area contributed by atoms with E-state index in [1.54, 1.807) is 6.07 Å². The van der Waals surface area contributed by atoms with Gasteiger partial charge in [-0.2, -0.15) is 0 Å². The lowest BCUT2D eigenvalue weighted by Gasteiger charge is -2.43. The first kappa shape index (κ1) is 19.3. The number of anilines is 1. The van der Waals surface area contributed by atoms with Gasteiger partial charge in [0.15, 0.2) is 0 Å². The van der Waals surface area contributed by atoms with Crippen molar-refractivity contribution in [2.75, 3.05) is 18.4 Å². The molecule has 6 heteroatoms. The molecule has 2 aromatic heterocycles. The molecule has 2 atom stereocenters. The Hall–Kier alpha value is -2.70. The lowest BCUT2D eigenvalue weighted by atomic mass is 9.80. The molecule has 1 amide bonds. The number of thiophene rings is 1. The number of carbonyl (C=O) groups is 1. The van der Waals surface area contributed by atoms with Gasteiger partial charge >= 0.3 is 0 Å². The van der Waals surface area contributed by atoms with E-state index in [0.717, 1.165) is 49.4 Å². The van der Waals surface area contributed by atoms with Gasteiger partial charge in [0.1, 0.15) is 0 Å². The van der Waals surface area contributed by atoms with Gasteiger partial charge in [0, 0.05) is 66.9 Å². The molecule has 3 aromatic rings. The van der Waals surface area contributed by atoms with Gasteiger partial charge in [-0.25, -0.2) is 0 Å². The number of hydrogen-bond donors (Lipinski definition) is 1. The topological polar surface area (TPSA) is 54.3 Å². The summed E-state index contributed by atoms with van der Waals surface area (Å²) in [4.78, 5) is 28.0. The largest absolute Gasteiger partial charge is 0.326 e. The minimum Gasteiger partial charge on any atom is -0.326 e. The SMILES string of the molecule is CC(=O)Nc1ccc(-c2ccc(=O)n3c2[C@H]2C[C@@H](CN(Cc4cccs4)C2)C3)cc1. The van der Waals surface area contributed by atoms with Crippen LogP contribution in [0, 0.1) is 5.92 Å². The molecule has 4 heterocycles. The maximum atomic E-state index is 12.7. The number of aromatic nitrogens is 1.